The van der Waals surface area contributed by atoms with Crippen LogP contribution in [-0.4, -0.2) is 68.5 Å². The second-order valence-electron chi connectivity index (χ2n) is 6.29. The molecule has 0 unspecified atom stereocenters. The van der Waals surface area contributed by atoms with Gasteiger partial charge >= 0.3 is 0 Å². The molecule has 2 heterocycles. The molecule has 1 saturated heterocycles. The molecule has 0 amide bonds. The lowest BCUT2D eigenvalue weighted by Crippen LogP contribution is -2.39. The standard InChI is InChI=1S/C19H27N5O3/c1-14-12-18(20-6-7-24-8-10-27-11-9-24)23-19(21-14)22-16-5-4-15(25-2)13-17(16)26-3/h4-5,12-13H,6-11H2,1-3H3,(H2,20,21,22,23). The van der Waals surface area contributed by atoms with E-state index in [9.17, 15) is 0 Å². The first-order chi connectivity index (χ1) is 13.2. The van der Waals surface area contributed by atoms with E-state index in [-0.39, 0.29) is 0 Å². The summed E-state index contributed by atoms with van der Waals surface area (Å²) in [6, 6.07) is 7.51. The van der Waals surface area contributed by atoms with E-state index < -0.39 is 0 Å². The van der Waals surface area contributed by atoms with E-state index in [2.05, 4.69) is 25.5 Å². The van der Waals surface area contributed by atoms with Crippen molar-refractivity contribution in [2.75, 3.05) is 64.2 Å². The predicted octanol–water partition coefficient (Wildman–Crippen LogP) is 2.29. The molecule has 1 aromatic heterocycles. The normalized spacial score (nSPS) is 14.6. The summed E-state index contributed by atoms with van der Waals surface area (Å²) in [5.74, 6) is 2.72. The highest BCUT2D eigenvalue weighted by Crippen LogP contribution is 2.30. The Morgan fingerprint density at radius 1 is 1.11 bits per heavy atom. The number of aryl methyl sites for hydroxylation is 1. The minimum absolute atomic E-state index is 0.521. The van der Waals surface area contributed by atoms with Gasteiger partial charge in [-0.15, -0.1) is 0 Å². The van der Waals surface area contributed by atoms with Crippen molar-refractivity contribution in [1.82, 2.24) is 14.9 Å². The quantitative estimate of drug-likeness (QED) is 0.730. The Morgan fingerprint density at radius 2 is 1.93 bits per heavy atom. The third-order valence-electron chi connectivity index (χ3n) is 4.35. The average molecular weight is 373 g/mol. The van der Waals surface area contributed by atoms with Gasteiger partial charge in [-0.2, -0.15) is 4.98 Å². The third kappa shape index (κ3) is 5.45. The Hall–Kier alpha value is -2.58. The Labute approximate surface area is 159 Å². The van der Waals surface area contributed by atoms with E-state index >= 15 is 0 Å². The minimum atomic E-state index is 0.521. The van der Waals surface area contributed by atoms with Gasteiger partial charge in [-0.1, -0.05) is 0 Å². The van der Waals surface area contributed by atoms with Crippen LogP contribution in [0.15, 0.2) is 24.3 Å². The molecule has 0 atom stereocenters. The molecule has 8 nitrogen and oxygen atoms in total. The van der Waals surface area contributed by atoms with Crippen LogP contribution in [0.4, 0.5) is 17.5 Å². The van der Waals surface area contributed by atoms with Gasteiger partial charge < -0.3 is 24.8 Å². The monoisotopic (exact) mass is 373 g/mol. The van der Waals surface area contributed by atoms with Crippen LogP contribution in [0.3, 0.4) is 0 Å². The maximum Gasteiger partial charge on any atom is 0.229 e. The van der Waals surface area contributed by atoms with E-state index in [1.54, 1.807) is 14.2 Å². The zero-order chi connectivity index (χ0) is 19.1. The third-order valence-corrected chi connectivity index (χ3v) is 4.35. The topological polar surface area (TPSA) is 80.8 Å². The summed E-state index contributed by atoms with van der Waals surface area (Å²) in [6.07, 6.45) is 0. The van der Waals surface area contributed by atoms with Crippen LogP contribution in [0, 0.1) is 6.92 Å². The molecule has 0 spiro atoms. The van der Waals surface area contributed by atoms with Gasteiger partial charge in [0.2, 0.25) is 5.95 Å². The van der Waals surface area contributed by atoms with Crippen LogP contribution < -0.4 is 20.1 Å². The van der Waals surface area contributed by atoms with E-state index in [0.29, 0.717) is 11.7 Å². The van der Waals surface area contributed by atoms with E-state index in [0.717, 1.165) is 62.3 Å². The molecule has 2 aromatic rings. The van der Waals surface area contributed by atoms with Crippen molar-refractivity contribution in [2.24, 2.45) is 0 Å². The lowest BCUT2D eigenvalue weighted by Gasteiger charge is -2.26. The number of hydrogen-bond donors (Lipinski definition) is 2. The first-order valence-corrected chi connectivity index (χ1v) is 9.06. The molecule has 0 aliphatic carbocycles. The first-order valence-electron chi connectivity index (χ1n) is 9.06. The zero-order valence-corrected chi connectivity index (χ0v) is 16.1. The summed E-state index contributed by atoms with van der Waals surface area (Å²) in [5.41, 5.74) is 1.66. The van der Waals surface area contributed by atoms with Gasteiger partial charge in [-0.25, -0.2) is 4.98 Å². The maximum absolute atomic E-state index is 5.42. The summed E-state index contributed by atoms with van der Waals surface area (Å²) in [7, 11) is 3.25. The van der Waals surface area contributed by atoms with Crippen molar-refractivity contribution < 1.29 is 14.2 Å². The first kappa shape index (κ1) is 19.2. The van der Waals surface area contributed by atoms with Gasteiger partial charge in [-0.05, 0) is 19.1 Å². The molecule has 1 aliphatic rings. The number of methoxy groups -OCH3 is 2. The van der Waals surface area contributed by atoms with Gasteiger partial charge in [0.1, 0.15) is 17.3 Å². The molecule has 1 aliphatic heterocycles. The highest BCUT2D eigenvalue weighted by Gasteiger charge is 2.11. The van der Waals surface area contributed by atoms with Gasteiger partial charge in [-0.3, -0.25) is 4.90 Å². The predicted molar refractivity (Wildman–Crippen MR) is 105 cm³/mol. The van der Waals surface area contributed by atoms with Crippen molar-refractivity contribution in [1.29, 1.82) is 0 Å². The summed E-state index contributed by atoms with van der Waals surface area (Å²) in [6.45, 7) is 7.31. The molecular formula is C19H27N5O3. The Balaban J connectivity index is 1.64. The molecule has 0 radical (unpaired) electrons. The van der Waals surface area contributed by atoms with Crippen molar-refractivity contribution >= 4 is 17.5 Å². The van der Waals surface area contributed by atoms with Crippen LogP contribution in [0.1, 0.15) is 5.69 Å². The van der Waals surface area contributed by atoms with Crippen molar-refractivity contribution in [2.45, 2.75) is 6.92 Å². The fourth-order valence-corrected chi connectivity index (χ4v) is 2.90. The largest absolute Gasteiger partial charge is 0.497 e. The number of nitrogens with zero attached hydrogens (tertiary/aromatic N) is 3. The van der Waals surface area contributed by atoms with Gasteiger partial charge in [0.05, 0.1) is 33.1 Å². The molecule has 3 rings (SSSR count). The minimum Gasteiger partial charge on any atom is -0.497 e. The van der Waals surface area contributed by atoms with Crippen molar-refractivity contribution in [3.63, 3.8) is 0 Å². The fourth-order valence-electron chi connectivity index (χ4n) is 2.90. The second kappa shape index (κ2) is 9.38. The van der Waals surface area contributed by atoms with Crippen molar-refractivity contribution in [3.8, 4) is 11.5 Å². The number of rotatable bonds is 8. The number of ether oxygens (including phenoxy) is 3. The summed E-state index contributed by atoms with van der Waals surface area (Å²) in [5, 5.41) is 6.61. The molecule has 2 N–H and O–H groups in total. The Morgan fingerprint density at radius 3 is 2.67 bits per heavy atom. The molecule has 0 saturated carbocycles. The average Bonchev–Trinajstić information content (AvgIpc) is 2.69. The highest BCUT2D eigenvalue weighted by atomic mass is 16.5. The second-order valence-corrected chi connectivity index (χ2v) is 6.29. The lowest BCUT2D eigenvalue weighted by atomic mass is 10.2. The number of benzene rings is 1. The number of anilines is 3. The highest BCUT2D eigenvalue weighted by molar-refractivity contribution is 5.65. The number of aromatic nitrogens is 2. The smallest absolute Gasteiger partial charge is 0.229 e. The zero-order valence-electron chi connectivity index (χ0n) is 16.1. The van der Waals surface area contributed by atoms with Crippen molar-refractivity contribution in [3.05, 3.63) is 30.0 Å². The van der Waals surface area contributed by atoms with E-state index in [1.165, 1.54) is 0 Å². The van der Waals surface area contributed by atoms with E-state index in [1.807, 2.05) is 31.2 Å². The number of nitrogens with one attached hydrogen (secondary N) is 2. The van der Waals surface area contributed by atoms with Crippen LogP contribution in [0.25, 0.3) is 0 Å². The van der Waals surface area contributed by atoms with Gasteiger partial charge in [0, 0.05) is 44.0 Å². The fraction of sp³-hybridized carbons (Fsp3) is 0.474. The number of morpholine rings is 1. The molecule has 8 heteroatoms. The van der Waals surface area contributed by atoms with Crippen LogP contribution in [-0.2, 0) is 4.74 Å². The summed E-state index contributed by atoms with van der Waals surface area (Å²) < 4.78 is 16.0. The molecule has 1 aromatic carbocycles. The SMILES string of the molecule is COc1ccc(Nc2nc(C)cc(NCCN3CCOCC3)n2)c(OC)c1. The van der Waals surface area contributed by atoms with Gasteiger partial charge in [0.15, 0.2) is 0 Å². The number of hydrogen-bond acceptors (Lipinski definition) is 8. The van der Waals surface area contributed by atoms with Crippen LogP contribution >= 0.6 is 0 Å². The Bertz CT molecular complexity index is 750. The molecule has 1 fully saturated rings. The Kier molecular flexibility index (Phi) is 6.67. The maximum atomic E-state index is 5.42. The summed E-state index contributed by atoms with van der Waals surface area (Å²) in [4.78, 5) is 11.4. The molecular weight excluding hydrogens is 346 g/mol. The van der Waals surface area contributed by atoms with Gasteiger partial charge in [0.25, 0.3) is 0 Å². The lowest BCUT2D eigenvalue weighted by molar-refractivity contribution is 0.0398. The molecule has 146 valence electrons. The molecule has 0 bridgehead atoms. The van der Waals surface area contributed by atoms with E-state index in [4.69, 9.17) is 14.2 Å². The summed E-state index contributed by atoms with van der Waals surface area (Å²) >= 11 is 0. The molecule has 27 heavy (non-hydrogen) atoms. The van der Waals surface area contributed by atoms with Crippen LogP contribution in [0.5, 0.6) is 11.5 Å². The van der Waals surface area contributed by atoms with Crippen LogP contribution in [0.2, 0.25) is 0 Å².